The van der Waals surface area contributed by atoms with Crippen molar-refractivity contribution in [2.75, 3.05) is 12.0 Å². The summed E-state index contributed by atoms with van der Waals surface area (Å²) in [5.74, 6) is -0.144. The van der Waals surface area contributed by atoms with Gasteiger partial charge in [-0.05, 0) is 53.1 Å². The summed E-state index contributed by atoms with van der Waals surface area (Å²) in [7, 11) is 1.59. The SMILES string of the molecule is COc1cccc(C2c3[nH]c4ccccc4c3CC3C(=O)N(c4ccccc4C(=O)NCc4ccccc4Cl)C(=O)N32)c1. The predicted octanol–water partition coefficient (Wildman–Crippen LogP) is 6.24. The number of carbonyl (C=O) groups excluding carboxylic acids is 3. The van der Waals surface area contributed by atoms with Gasteiger partial charge in [0.15, 0.2) is 0 Å². The number of nitrogens with zero attached hydrogens (tertiary/aromatic N) is 2. The second-order valence-corrected chi connectivity index (χ2v) is 11.0. The molecule has 43 heavy (non-hydrogen) atoms. The summed E-state index contributed by atoms with van der Waals surface area (Å²) >= 11 is 6.28. The number of carbonyl (C=O) groups is 3. The molecule has 0 spiro atoms. The van der Waals surface area contributed by atoms with Crippen molar-refractivity contribution in [1.29, 1.82) is 0 Å². The van der Waals surface area contributed by atoms with E-state index in [2.05, 4.69) is 10.3 Å². The Hall–Kier alpha value is -5.08. The Morgan fingerprint density at radius 2 is 1.74 bits per heavy atom. The lowest BCUT2D eigenvalue weighted by atomic mass is 9.89. The van der Waals surface area contributed by atoms with E-state index < -0.39 is 24.0 Å². The van der Waals surface area contributed by atoms with Crippen molar-refractivity contribution in [2.45, 2.75) is 25.0 Å². The number of benzene rings is 4. The van der Waals surface area contributed by atoms with Crippen LogP contribution < -0.4 is 15.0 Å². The highest BCUT2D eigenvalue weighted by Gasteiger charge is 2.53. The van der Waals surface area contributed by atoms with Gasteiger partial charge in [-0.3, -0.25) is 14.5 Å². The first-order valence-corrected chi connectivity index (χ1v) is 14.3. The van der Waals surface area contributed by atoms with Crippen LogP contribution in [0.25, 0.3) is 10.9 Å². The van der Waals surface area contributed by atoms with Gasteiger partial charge < -0.3 is 15.0 Å². The molecule has 1 fully saturated rings. The van der Waals surface area contributed by atoms with Gasteiger partial charge in [-0.1, -0.05) is 72.3 Å². The average Bonchev–Trinajstić information content (AvgIpc) is 3.53. The Morgan fingerprint density at radius 1 is 0.977 bits per heavy atom. The molecule has 2 atom stereocenters. The maximum absolute atomic E-state index is 14.3. The number of para-hydroxylation sites is 2. The summed E-state index contributed by atoms with van der Waals surface area (Å²) in [6.45, 7) is 0.198. The van der Waals surface area contributed by atoms with Crippen molar-refractivity contribution in [3.8, 4) is 5.75 Å². The molecule has 7 rings (SSSR count). The van der Waals surface area contributed by atoms with E-state index >= 15 is 0 Å². The summed E-state index contributed by atoms with van der Waals surface area (Å²) in [4.78, 5) is 48.3. The van der Waals surface area contributed by atoms with Gasteiger partial charge in [0.1, 0.15) is 17.8 Å². The molecule has 5 aromatic rings. The maximum atomic E-state index is 14.3. The molecule has 0 saturated carbocycles. The number of halogens is 1. The predicted molar refractivity (Wildman–Crippen MR) is 164 cm³/mol. The summed E-state index contributed by atoms with van der Waals surface area (Å²) in [6.07, 6.45) is 0.349. The number of nitrogens with one attached hydrogen (secondary N) is 2. The van der Waals surface area contributed by atoms with Crippen LogP contribution in [-0.4, -0.2) is 40.9 Å². The number of aromatic nitrogens is 1. The van der Waals surface area contributed by atoms with Gasteiger partial charge in [-0.2, -0.15) is 0 Å². The molecule has 2 unspecified atom stereocenters. The van der Waals surface area contributed by atoms with Gasteiger partial charge in [0.2, 0.25) is 0 Å². The third-order valence-electron chi connectivity index (χ3n) is 8.25. The third kappa shape index (κ3) is 4.42. The molecule has 2 N–H and O–H groups in total. The van der Waals surface area contributed by atoms with Gasteiger partial charge in [0.25, 0.3) is 11.8 Å². The average molecular weight is 591 g/mol. The van der Waals surface area contributed by atoms with Crippen LogP contribution in [0.2, 0.25) is 5.02 Å². The van der Waals surface area contributed by atoms with Crippen LogP contribution >= 0.6 is 11.6 Å². The molecule has 9 heteroatoms. The lowest BCUT2D eigenvalue weighted by Crippen LogP contribution is -2.44. The number of aromatic amines is 1. The zero-order valence-electron chi connectivity index (χ0n) is 23.2. The number of ether oxygens (including phenoxy) is 1. The number of fused-ring (bicyclic) bond motifs is 4. The van der Waals surface area contributed by atoms with E-state index in [1.165, 1.54) is 0 Å². The lowest BCUT2D eigenvalue weighted by Gasteiger charge is -2.36. The molecule has 0 aliphatic carbocycles. The highest BCUT2D eigenvalue weighted by atomic mass is 35.5. The highest BCUT2D eigenvalue weighted by molar-refractivity contribution is 6.31. The molecule has 8 nitrogen and oxygen atoms in total. The smallest absolute Gasteiger partial charge is 0.332 e. The molecule has 2 aliphatic heterocycles. The minimum absolute atomic E-state index is 0.198. The van der Waals surface area contributed by atoms with E-state index in [4.69, 9.17) is 16.3 Å². The van der Waals surface area contributed by atoms with E-state index in [-0.39, 0.29) is 23.7 Å². The molecule has 1 aromatic heterocycles. The molecule has 2 aliphatic rings. The van der Waals surface area contributed by atoms with E-state index in [0.717, 1.165) is 38.2 Å². The molecular weight excluding hydrogens is 564 g/mol. The zero-order chi connectivity index (χ0) is 29.7. The van der Waals surface area contributed by atoms with E-state index in [1.54, 1.807) is 42.3 Å². The van der Waals surface area contributed by atoms with Gasteiger partial charge in [0.05, 0.1) is 18.4 Å². The minimum Gasteiger partial charge on any atom is -0.497 e. The van der Waals surface area contributed by atoms with Gasteiger partial charge >= 0.3 is 6.03 Å². The number of hydrogen-bond donors (Lipinski definition) is 2. The van der Waals surface area contributed by atoms with Crippen LogP contribution in [0.1, 0.15) is 38.8 Å². The topological polar surface area (TPSA) is 94.7 Å². The Labute approximate surface area is 252 Å². The fourth-order valence-corrected chi connectivity index (χ4v) is 6.43. The molecule has 4 amide bonds. The quantitative estimate of drug-likeness (QED) is 0.229. The molecule has 214 valence electrons. The Bertz CT molecular complexity index is 1920. The summed E-state index contributed by atoms with van der Waals surface area (Å²) in [6, 6.07) is 27.6. The number of hydrogen-bond acceptors (Lipinski definition) is 4. The monoisotopic (exact) mass is 590 g/mol. The number of methoxy groups -OCH3 is 1. The first-order chi connectivity index (χ1) is 21.0. The number of urea groups is 1. The van der Waals surface area contributed by atoms with Crippen LogP contribution in [0.3, 0.4) is 0 Å². The van der Waals surface area contributed by atoms with Crippen LogP contribution in [0.5, 0.6) is 5.75 Å². The summed E-state index contributed by atoms with van der Waals surface area (Å²) < 4.78 is 5.50. The first-order valence-electron chi connectivity index (χ1n) is 14.0. The van der Waals surface area contributed by atoms with Gasteiger partial charge in [-0.15, -0.1) is 0 Å². The standard InChI is InChI=1S/C34H27ClN4O4/c1-43-22-11-8-10-20(17-22)31-30-25(23-12-3-6-15-27(23)37-30)18-29-33(41)39(34(42)38(29)31)28-16-7-4-13-24(28)32(40)36-19-21-9-2-5-14-26(21)35/h2-17,29,31,37H,18-19H2,1H3,(H,36,40). The van der Waals surface area contributed by atoms with E-state index in [1.807, 2.05) is 66.7 Å². The van der Waals surface area contributed by atoms with Gasteiger partial charge in [-0.25, -0.2) is 9.69 Å². The van der Waals surface area contributed by atoms with Crippen molar-refractivity contribution in [1.82, 2.24) is 15.2 Å². The number of anilines is 1. The van der Waals surface area contributed by atoms with Crippen molar-refractivity contribution >= 4 is 46.0 Å². The number of imide groups is 1. The molecule has 0 radical (unpaired) electrons. The number of rotatable bonds is 6. The van der Waals surface area contributed by atoms with E-state index in [9.17, 15) is 14.4 Å². The Kier molecular flexibility index (Phi) is 6.63. The van der Waals surface area contributed by atoms with Crippen LogP contribution in [-0.2, 0) is 17.8 Å². The van der Waals surface area contributed by atoms with Gasteiger partial charge in [0, 0.05) is 34.6 Å². The molecule has 0 bridgehead atoms. The fourth-order valence-electron chi connectivity index (χ4n) is 6.23. The van der Waals surface area contributed by atoms with Crippen LogP contribution in [0.4, 0.5) is 10.5 Å². The normalized spacial score (nSPS) is 17.6. The Balaban J connectivity index is 1.29. The van der Waals surface area contributed by atoms with Crippen LogP contribution in [0.15, 0.2) is 97.1 Å². The zero-order valence-corrected chi connectivity index (χ0v) is 24.0. The first kappa shape index (κ1) is 26.8. The summed E-state index contributed by atoms with van der Waals surface area (Å²) in [5, 5.41) is 4.44. The molecule has 1 saturated heterocycles. The number of amides is 4. The van der Waals surface area contributed by atoms with Crippen molar-refractivity contribution in [3.05, 3.63) is 130 Å². The third-order valence-corrected chi connectivity index (χ3v) is 8.61. The molecule has 4 aromatic carbocycles. The van der Waals surface area contributed by atoms with Crippen molar-refractivity contribution in [2.24, 2.45) is 0 Å². The van der Waals surface area contributed by atoms with Crippen molar-refractivity contribution in [3.63, 3.8) is 0 Å². The minimum atomic E-state index is -0.755. The maximum Gasteiger partial charge on any atom is 0.332 e. The highest BCUT2D eigenvalue weighted by Crippen LogP contribution is 2.45. The second kappa shape index (κ2) is 10.6. The molecule has 3 heterocycles. The summed E-state index contributed by atoms with van der Waals surface area (Å²) in [5.41, 5.74) is 4.83. The van der Waals surface area contributed by atoms with Crippen LogP contribution in [0, 0.1) is 0 Å². The molecular formula is C34H27ClN4O4. The second-order valence-electron chi connectivity index (χ2n) is 10.6. The number of H-pyrrole nitrogens is 1. The fraction of sp³-hybridized carbons (Fsp3) is 0.147. The largest absolute Gasteiger partial charge is 0.497 e. The van der Waals surface area contributed by atoms with E-state index in [0.29, 0.717) is 17.2 Å². The van der Waals surface area contributed by atoms with Crippen molar-refractivity contribution < 1.29 is 19.1 Å². The lowest BCUT2D eigenvalue weighted by molar-refractivity contribution is -0.120. The Morgan fingerprint density at radius 3 is 2.58 bits per heavy atom.